The minimum atomic E-state index is -0.270. The van der Waals surface area contributed by atoms with E-state index in [0.29, 0.717) is 5.92 Å². The maximum absolute atomic E-state index is 11.6. The van der Waals surface area contributed by atoms with Crippen LogP contribution in [0.2, 0.25) is 0 Å². The first-order valence-electron chi connectivity index (χ1n) is 5.45. The van der Waals surface area contributed by atoms with E-state index in [4.69, 9.17) is 4.74 Å². The molecule has 16 heavy (non-hydrogen) atoms. The first-order valence-corrected chi connectivity index (χ1v) is 5.45. The molecule has 1 rings (SSSR count). The topological polar surface area (TPSA) is 49.9 Å². The number of nitrogens with zero attached hydrogens (tertiary/aromatic N) is 2. The van der Waals surface area contributed by atoms with Crippen LogP contribution in [0.3, 0.4) is 0 Å². The zero-order valence-corrected chi connectivity index (χ0v) is 10.4. The van der Waals surface area contributed by atoms with Gasteiger partial charge in [-0.05, 0) is 25.8 Å². The summed E-state index contributed by atoms with van der Waals surface area (Å²) in [6.07, 6.45) is 2.08. The van der Waals surface area contributed by atoms with Crippen molar-refractivity contribution in [2.75, 3.05) is 34.8 Å². The van der Waals surface area contributed by atoms with Crippen LogP contribution in [0.1, 0.15) is 12.8 Å². The summed E-state index contributed by atoms with van der Waals surface area (Å²) in [7, 11) is 6.60. The van der Waals surface area contributed by atoms with E-state index in [0.717, 1.165) is 12.8 Å². The van der Waals surface area contributed by atoms with Gasteiger partial charge in [0.1, 0.15) is 6.04 Å². The molecule has 1 aliphatic carbocycles. The van der Waals surface area contributed by atoms with Crippen LogP contribution in [0.5, 0.6) is 0 Å². The van der Waals surface area contributed by atoms with Gasteiger partial charge in [-0.3, -0.25) is 14.5 Å². The van der Waals surface area contributed by atoms with Gasteiger partial charge >= 0.3 is 5.97 Å². The Kier molecular flexibility index (Phi) is 4.29. The van der Waals surface area contributed by atoms with Gasteiger partial charge in [0, 0.05) is 14.1 Å². The van der Waals surface area contributed by atoms with Crippen LogP contribution in [0.25, 0.3) is 0 Å². The third-order valence-corrected chi connectivity index (χ3v) is 2.87. The molecule has 1 unspecified atom stereocenters. The van der Waals surface area contributed by atoms with Crippen molar-refractivity contribution in [3.63, 3.8) is 0 Å². The largest absolute Gasteiger partial charge is 0.468 e. The Bertz CT molecular complexity index is 274. The van der Waals surface area contributed by atoms with E-state index in [9.17, 15) is 9.59 Å². The molecule has 5 nitrogen and oxygen atoms in total. The second-order valence-electron chi connectivity index (χ2n) is 4.51. The van der Waals surface area contributed by atoms with Crippen molar-refractivity contribution in [1.29, 1.82) is 0 Å². The Labute approximate surface area is 96.3 Å². The molecule has 0 bridgehead atoms. The Morgan fingerprint density at radius 3 is 2.25 bits per heavy atom. The summed E-state index contributed by atoms with van der Waals surface area (Å²) in [5.41, 5.74) is 0. The number of rotatable bonds is 5. The van der Waals surface area contributed by atoms with E-state index in [1.807, 2.05) is 0 Å². The third kappa shape index (κ3) is 3.20. The van der Waals surface area contributed by atoms with E-state index in [2.05, 4.69) is 0 Å². The van der Waals surface area contributed by atoms with Crippen LogP contribution in [0.15, 0.2) is 0 Å². The quantitative estimate of drug-likeness (QED) is 0.619. The van der Waals surface area contributed by atoms with Crippen molar-refractivity contribution in [3.05, 3.63) is 0 Å². The van der Waals surface area contributed by atoms with Crippen LogP contribution in [0.4, 0.5) is 0 Å². The molecule has 1 amide bonds. The molecule has 0 aromatic carbocycles. The number of amides is 1. The van der Waals surface area contributed by atoms with Gasteiger partial charge in [-0.25, -0.2) is 0 Å². The van der Waals surface area contributed by atoms with Gasteiger partial charge < -0.3 is 9.64 Å². The standard InChI is InChI=1S/C11H20N2O3/c1-12(2)9(14)7-13(3)10(8-5-6-8)11(15)16-4/h8,10H,5-7H2,1-4H3. The lowest BCUT2D eigenvalue weighted by molar-refractivity contribution is -0.148. The molecule has 1 aliphatic rings. The molecule has 1 atom stereocenters. The number of carbonyl (C=O) groups is 2. The number of carbonyl (C=O) groups excluding carboxylic acids is 2. The average molecular weight is 228 g/mol. The fourth-order valence-corrected chi connectivity index (χ4v) is 1.72. The van der Waals surface area contributed by atoms with E-state index >= 15 is 0 Å². The number of hydrogen-bond donors (Lipinski definition) is 0. The van der Waals surface area contributed by atoms with Crippen molar-refractivity contribution >= 4 is 11.9 Å². The molecule has 92 valence electrons. The molecule has 0 N–H and O–H groups in total. The third-order valence-electron chi connectivity index (χ3n) is 2.87. The lowest BCUT2D eigenvalue weighted by Gasteiger charge is -2.26. The van der Waals surface area contributed by atoms with Gasteiger partial charge in [-0.1, -0.05) is 0 Å². The van der Waals surface area contributed by atoms with Gasteiger partial charge in [-0.15, -0.1) is 0 Å². The van der Waals surface area contributed by atoms with Crippen LogP contribution in [-0.4, -0.2) is 62.5 Å². The summed E-state index contributed by atoms with van der Waals surface area (Å²) in [6.45, 7) is 0.253. The highest BCUT2D eigenvalue weighted by Gasteiger charge is 2.40. The smallest absolute Gasteiger partial charge is 0.323 e. The monoisotopic (exact) mass is 228 g/mol. The number of methoxy groups -OCH3 is 1. The van der Waals surface area contributed by atoms with Crippen molar-refractivity contribution in [3.8, 4) is 0 Å². The van der Waals surface area contributed by atoms with Crippen molar-refractivity contribution in [2.45, 2.75) is 18.9 Å². The van der Waals surface area contributed by atoms with Crippen LogP contribution in [0, 0.1) is 5.92 Å². The highest BCUT2D eigenvalue weighted by atomic mass is 16.5. The highest BCUT2D eigenvalue weighted by molar-refractivity contribution is 5.80. The normalized spacial score (nSPS) is 17.1. The number of likely N-dealkylation sites (N-methyl/N-ethyl adjacent to an activating group) is 2. The molecule has 0 aliphatic heterocycles. The summed E-state index contributed by atoms with van der Waals surface area (Å²) in [4.78, 5) is 26.5. The summed E-state index contributed by atoms with van der Waals surface area (Å²) in [5, 5.41) is 0. The minimum Gasteiger partial charge on any atom is -0.468 e. The first kappa shape index (κ1) is 13.0. The Balaban J connectivity index is 2.57. The summed E-state index contributed by atoms with van der Waals surface area (Å²) in [5.74, 6) is 0.112. The van der Waals surface area contributed by atoms with Crippen molar-refractivity contribution in [1.82, 2.24) is 9.80 Å². The fourth-order valence-electron chi connectivity index (χ4n) is 1.72. The van der Waals surface area contributed by atoms with Crippen molar-refractivity contribution < 1.29 is 14.3 Å². The van der Waals surface area contributed by atoms with Crippen molar-refractivity contribution in [2.24, 2.45) is 5.92 Å². The molecule has 1 fully saturated rings. The molecule has 0 aromatic rings. The Morgan fingerprint density at radius 1 is 1.31 bits per heavy atom. The fraction of sp³-hybridized carbons (Fsp3) is 0.818. The van der Waals surface area contributed by atoms with E-state index < -0.39 is 0 Å². The number of ether oxygens (including phenoxy) is 1. The van der Waals surface area contributed by atoms with Crippen LogP contribution >= 0.6 is 0 Å². The number of esters is 1. The maximum Gasteiger partial charge on any atom is 0.323 e. The minimum absolute atomic E-state index is 0.00273. The molecular weight excluding hydrogens is 208 g/mol. The van der Waals surface area contributed by atoms with Gasteiger partial charge in [0.25, 0.3) is 0 Å². The Hall–Kier alpha value is -1.10. The molecule has 1 saturated carbocycles. The van der Waals surface area contributed by atoms with E-state index in [-0.39, 0.29) is 24.5 Å². The second-order valence-corrected chi connectivity index (χ2v) is 4.51. The predicted octanol–water partition coefficient (Wildman–Crippen LogP) is -0.0420. The molecule has 0 radical (unpaired) electrons. The summed E-state index contributed by atoms with van der Waals surface area (Å²) in [6, 6.07) is -0.270. The number of hydrogen-bond acceptors (Lipinski definition) is 4. The van der Waals surface area contributed by atoms with Gasteiger partial charge in [-0.2, -0.15) is 0 Å². The molecule has 0 heterocycles. The first-order chi connectivity index (χ1) is 7.47. The predicted molar refractivity (Wildman–Crippen MR) is 59.9 cm³/mol. The highest BCUT2D eigenvalue weighted by Crippen LogP contribution is 2.35. The summed E-state index contributed by atoms with van der Waals surface area (Å²) < 4.78 is 4.77. The van der Waals surface area contributed by atoms with Crippen LogP contribution in [-0.2, 0) is 14.3 Å². The van der Waals surface area contributed by atoms with E-state index in [1.54, 1.807) is 26.0 Å². The zero-order valence-electron chi connectivity index (χ0n) is 10.4. The maximum atomic E-state index is 11.6. The van der Waals surface area contributed by atoms with Gasteiger partial charge in [0.05, 0.1) is 13.7 Å². The second kappa shape index (κ2) is 5.30. The molecule has 0 aromatic heterocycles. The lowest BCUT2D eigenvalue weighted by Crippen LogP contribution is -2.45. The SMILES string of the molecule is COC(=O)C(C1CC1)N(C)CC(=O)N(C)C. The molecule has 5 heteroatoms. The Morgan fingerprint density at radius 2 is 1.88 bits per heavy atom. The zero-order chi connectivity index (χ0) is 12.3. The lowest BCUT2D eigenvalue weighted by atomic mass is 10.1. The van der Waals surface area contributed by atoms with E-state index in [1.165, 1.54) is 12.0 Å². The van der Waals surface area contributed by atoms with Crippen LogP contribution < -0.4 is 0 Å². The van der Waals surface area contributed by atoms with Gasteiger partial charge in [0.15, 0.2) is 0 Å². The summed E-state index contributed by atoms with van der Waals surface area (Å²) >= 11 is 0. The molecule has 0 spiro atoms. The molecular formula is C11H20N2O3. The van der Waals surface area contributed by atoms with Gasteiger partial charge in [0.2, 0.25) is 5.91 Å². The molecule has 0 saturated heterocycles. The average Bonchev–Trinajstić information content (AvgIpc) is 3.01.